The van der Waals surface area contributed by atoms with Gasteiger partial charge in [-0.25, -0.2) is 9.40 Å². The Bertz CT molecular complexity index is 1430. The molecule has 0 aromatic heterocycles. The lowest BCUT2D eigenvalue weighted by molar-refractivity contribution is -0.152. The van der Waals surface area contributed by atoms with E-state index in [1.54, 1.807) is 26.4 Å². The Hall–Kier alpha value is -4.46. The standard InChI is InChI=1S/C32H31FN2O5/c1-38-25-14-10-21(11-15-25)18-24-7-5-8-27-31(24)34-35(32(27)22-12-16-26(39-2)17-13-22)29(36)20-40-30(37)19-23-6-3-4-9-28(23)33/h3-4,6,9-18,27,32H,5,7-8,19-20H2,1-2H3. The van der Waals surface area contributed by atoms with Crippen molar-refractivity contribution in [2.24, 2.45) is 11.0 Å². The summed E-state index contributed by atoms with van der Waals surface area (Å²) in [6.07, 6.45) is 4.52. The number of allylic oxidation sites excluding steroid dienone is 1. The van der Waals surface area contributed by atoms with Gasteiger partial charge in [0.15, 0.2) is 6.61 Å². The summed E-state index contributed by atoms with van der Waals surface area (Å²) >= 11 is 0. The Kier molecular flexibility index (Phi) is 8.24. The summed E-state index contributed by atoms with van der Waals surface area (Å²) in [5.74, 6) is -0.118. The Morgan fingerprint density at radius 3 is 2.33 bits per heavy atom. The summed E-state index contributed by atoms with van der Waals surface area (Å²) in [6.45, 7) is -0.485. The van der Waals surface area contributed by atoms with Crippen LogP contribution in [0.25, 0.3) is 6.08 Å². The van der Waals surface area contributed by atoms with Gasteiger partial charge in [-0.2, -0.15) is 5.10 Å². The van der Waals surface area contributed by atoms with Gasteiger partial charge in [-0.15, -0.1) is 0 Å². The van der Waals surface area contributed by atoms with E-state index in [0.717, 1.165) is 47.4 Å². The van der Waals surface area contributed by atoms with Crippen LogP contribution in [0.2, 0.25) is 0 Å². The minimum Gasteiger partial charge on any atom is -0.497 e. The second-order valence-electron chi connectivity index (χ2n) is 9.81. The number of hydrazone groups is 1. The van der Waals surface area contributed by atoms with Crippen molar-refractivity contribution in [3.63, 3.8) is 0 Å². The fourth-order valence-electron chi connectivity index (χ4n) is 5.30. The molecule has 0 radical (unpaired) electrons. The first-order chi connectivity index (χ1) is 19.5. The van der Waals surface area contributed by atoms with Crippen molar-refractivity contribution in [1.29, 1.82) is 0 Å². The molecular weight excluding hydrogens is 511 g/mol. The predicted molar refractivity (Wildman–Crippen MR) is 149 cm³/mol. The molecule has 5 rings (SSSR count). The molecule has 1 amide bonds. The highest BCUT2D eigenvalue weighted by atomic mass is 19.1. The number of hydrogen-bond donors (Lipinski definition) is 0. The van der Waals surface area contributed by atoms with Crippen molar-refractivity contribution >= 4 is 23.7 Å². The Morgan fingerprint density at radius 1 is 0.975 bits per heavy atom. The van der Waals surface area contributed by atoms with Crippen LogP contribution in [0, 0.1) is 11.7 Å². The van der Waals surface area contributed by atoms with Crippen LogP contribution in [0.5, 0.6) is 11.5 Å². The molecule has 0 N–H and O–H groups in total. The largest absolute Gasteiger partial charge is 0.497 e. The van der Waals surface area contributed by atoms with Gasteiger partial charge < -0.3 is 14.2 Å². The van der Waals surface area contributed by atoms with E-state index < -0.39 is 24.3 Å². The number of methoxy groups -OCH3 is 2. The maximum absolute atomic E-state index is 14.0. The smallest absolute Gasteiger partial charge is 0.310 e. The highest BCUT2D eigenvalue weighted by Gasteiger charge is 2.43. The number of carbonyl (C=O) groups excluding carboxylic acids is 2. The van der Waals surface area contributed by atoms with Gasteiger partial charge in [0.25, 0.3) is 5.91 Å². The number of amides is 1. The SMILES string of the molecule is COc1ccc(C=C2CCCC3C2=NN(C(=O)COC(=O)Cc2ccccc2F)C3c2ccc(OC)cc2)cc1. The van der Waals surface area contributed by atoms with Crippen LogP contribution < -0.4 is 9.47 Å². The molecule has 0 bridgehead atoms. The van der Waals surface area contributed by atoms with E-state index in [4.69, 9.17) is 19.3 Å². The Labute approximate surface area is 232 Å². The third kappa shape index (κ3) is 5.91. The van der Waals surface area contributed by atoms with Gasteiger partial charge in [-0.1, -0.05) is 42.5 Å². The zero-order chi connectivity index (χ0) is 28.1. The number of benzene rings is 3. The van der Waals surface area contributed by atoms with Crippen molar-refractivity contribution in [3.05, 3.63) is 101 Å². The zero-order valence-corrected chi connectivity index (χ0v) is 22.5. The van der Waals surface area contributed by atoms with Gasteiger partial charge >= 0.3 is 5.97 Å². The average Bonchev–Trinajstić information content (AvgIpc) is 3.38. The number of ether oxygens (including phenoxy) is 3. The molecule has 1 fully saturated rings. The van der Waals surface area contributed by atoms with E-state index in [0.29, 0.717) is 5.75 Å². The van der Waals surface area contributed by atoms with Crippen molar-refractivity contribution in [1.82, 2.24) is 5.01 Å². The topological polar surface area (TPSA) is 77.4 Å². The van der Waals surface area contributed by atoms with E-state index in [-0.39, 0.29) is 23.9 Å². The van der Waals surface area contributed by atoms with Gasteiger partial charge in [0.1, 0.15) is 17.3 Å². The van der Waals surface area contributed by atoms with Crippen molar-refractivity contribution in [2.75, 3.05) is 20.8 Å². The molecule has 40 heavy (non-hydrogen) atoms. The molecular formula is C32H31FN2O5. The molecule has 2 atom stereocenters. The van der Waals surface area contributed by atoms with E-state index in [1.165, 1.54) is 17.1 Å². The normalized spacial score (nSPS) is 19.1. The monoisotopic (exact) mass is 542 g/mol. The lowest BCUT2D eigenvalue weighted by atomic mass is 9.77. The maximum atomic E-state index is 14.0. The lowest BCUT2D eigenvalue weighted by Crippen LogP contribution is -2.34. The fourth-order valence-corrected chi connectivity index (χ4v) is 5.30. The van der Waals surface area contributed by atoms with Crippen LogP contribution in [0.15, 0.2) is 83.5 Å². The molecule has 3 aromatic carbocycles. The summed E-state index contributed by atoms with van der Waals surface area (Å²) < 4.78 is 29.8. The van der Waals surface area contributed by atoms with Crippen LogP contribution in [0.1, 0.15) is 42.0 Å². The number of esters is 1. The van der Waals surface area contributed by atoms with E-state index in [1.807, 2.05) is 48.5 Å². The van der Waals surface area contributed by atoms with Crippen molar-refractivity contribution in [2.45, 2.75) is 31.7 Å². The molecule has 0 saturated heterocycles. The molecule has 1 aliphatic carbocycles. The minimum atomic E-state index is -0.677. The first kappa shape index (κ1) is 27.1. The van der Waals surface area contributed by atoms with Gasteiger partial charge in [0, 0.05) is 5.92 Å². The quantitative estimate of drug-likeness (QED) is 0.339. The summed E-state index contributed by atoms with van der Waals surface area (Å²) in [5, 5.41) is 6.27. The van der Waals surface area contributed by atoms with E-state index in [9.17, 15) is 14.0 Å². The van der Waals surface area contributed by atoms with Crippen LogP contribution >= 0.6 is 0 Å². The summed E-state index contributed by atoms with van der Waals surface area (Å²) in [4.78, 5) is 25.9. The summed E-state index contributed by atoms with van der Waals surface area (Å²) in [6, 6.07) is 21.1. The second kappa shape index (κ2) is 12.2. The molecule has 1 saturated carbocycles. The lowest BCUT2D eigenvalue weighted by Gasteiger charge is -2.29. The summed E-state index contributed by atoms with van der Waals surface area (Å²) in [7, 11) is 3.24. The second-order valence-corrected chi connectivity index (χ2v) is 9.81. The van der Waals surface area contributed by atoms with Gasteiger partial charge in [-0.05, 0) is 77.9 Å². The number of fused-ring (bicyclic) bond motifs is 1. The third-order valence-electron chi connectivity index (χ3n) is 7.32. The minimum absolute atomic E-state index is 0.00953. The first-order valence-electron chi connectivity index (χ1n) is 13.3. The zero-order valence-electron chi connectivity index (χ0n) is 22.5. The molecule has 0 spiro atoms. The molecule has 8 heteroatoms. The number of carbonyl (C=O) groups is 2. The number of rotatable bonds is 8. The number of halogens is 1. The van der Waals surface area contributed by atoms with Gasteiger partial charge in [0.2, 0.25) is 0 Å². The molecule has 1 heterocycles. The number of nitrogens with zero attached hydrogens (tertiary/aromatic N) is 2. The molecule has 2 unspecified atom stereocenters. The Balaban J connectivity index is 1.40. The predicted octanol–water partition coefficient (Wildman–Crippen LogP) is 5.75. The first-order valence-corrected chi connectivity index (χ1v) is 13.3. The molecule has 2 aliphatic rings. The van der Waals surface area contributed by atoms with Crippen LogP contribution in [-0.4, -0.2) is 43.4 Å². The molecule has 1 aliphatic heterocycles. The van der Waals surface area contributed by atoms with Crippen molar-refractivity contribution in [3.8, 4) is 11.5 Å². The van der Waals surface area contributed by atoms with Crippen LogP contribution in [-0.2, 0) is 20.7 Å². The van der Waals surface area contributed by atoms with Crippen LogP contribution in [0.3, 0.4) is 0 Å². The molecule has 3 aromatic rings. The van der Waals surface area contributed by atoms with Crippen LogP contribution in [0.4, 0.5) is 4.39 Å². The fraction of sp³-hybridized carbons (Fsp3) is 0.281. The van der Waals surface area contributed by atoms with Crippen molar-refractivity contribution < 1.29 is 28.2 Å². The molecule has 206 valence electrons. The van der Waals surface area contributed by atoms with Gasteiger partial charge in [0.05, 0.1) is 32.4 Å². The average molecular weight is 543 g/mol. The van der Waals surface area contributed by atoms with E-state index in [2.05, 4.69) is 6.08 Å². The Morgan fingerprint density at radius 2 is 1.65 bits per heavy atom. The maximum Gasteiger partial charge on any atom is 0.310 e. The highest BCUT2D eigenvalue weighted by molar-refractivity contribution is 6.08. The van der Waals surface area contributed by atoms with E-state index >= 15 is 0 Å². The number of hydrogen-bond acceptors (Lipinski definition) is 6. The molecule has 7 nitrogen and oxygen atoms in total. The third-order valence-corrected chi connectivity index (χ3v) is 7.32. The summed E-state index contributed by atoms with van der Waals surface area (Å²) in [5.41, 5.74) is 4.10. The van der Waals surface area contributed by atoms with Gasteiger partial charge in [-0.3, -0.25) is 9.59 Å². The highest BCUT2D eigenvalue weighted by Crippen LogP contribution is 2.44.